The van der Waals surface area contributed by atoms with Crippen LogP contribution in [0.5, 0.6) is 0 Å². The van der Waals surface area contributed by atoms with E-state index in [0.717, 1.165) is 12.8 Å². The molecule has 2 rings (SSSR count). The molecule has 0 aromatic heterocycles. The molecule has 5 nitrogen and oxygen atoms in total. The first kappa shape index (κ1) is 17.5. The van der Waals surface area contributed by atoms with Gasteiger partial charge in [0.05, 0.1) is 6.61 Å². The van der Waals surface area contributed by atoms with E-state index < -0.39 is 11.9 Å². The predicted octanol–water partition coefficient (Wildman–Crippen LogP) is 2.75. The number of carbonyl (C=O) groups excluding carboxylic acids is 1. The van der Waals surface area contributed by atoms with E-state index >= 15 is 0 Å². The van der Waals surface area contributed by atoms with Crippen molar-refractivity contribution in [2.75, 3.05) is 24.6 Å². The van der Waals surface area contributed by atoms with E-state index in [0.29, 0.717) is 12.3 Å². The Labute approximate surface area is 141 Å². The van der Waals surface area contributed by atoms with Crippen molar-refractivity contribution in [2.24, 2.45) is 0 Å². The summed E-state index contributed by atoms with van der Waals surface area (Å²) >= 11 is 0. The summed E-state index contributed by atoms with van der Waals surface area (Å²) in [5.74, 6) is -1.41. The zero-order chi connectivity index (χ0) is 17.2. The van der Waals surface area contributed by atoms with Crippen molar-refractivity contribution in [2.45, 2.75) is 12.8 Å². The fraction of sp³-hybridized carbons (Fsp3) is 0.263. The van der Waals surface area contributed by atoms with Gasteiger partial charge in [0.2, 0.25) is 0 Å². The lowest BCUT2D eigenvalue weighted by Crippen LogP contribution is -2.35. The summed E-state index contributed by atoms with van der Waals surface area (Å²) < 4.78 is 5.22. The number of carboxylic acids is 1. The Kier molecular flexibility index (Phi) is 6.83. The van der Waals surface area contributed by atoms with Gasteiger partial charge in [0, 0.05) is 5.69 Å². The van der Waals surface area contributed by atoms with E-state index in [1.54, 1.807) is 24.3 Å². The third-order valence-electron chi connectivity index (χ3n) is 3.48. The molecule has 2 aromatic carbocycles. The summed E-state index contributed by atoms with van der Waals surface area (Å²) in [5.41, 5.74) is 1.88. The number of para-hydroxylation sites is 1. The summed E-state index contributed by atoms with van der Waals surface area (Å²) in [6, 6.07) is 19.0. The highest BCUT2D eigenvalue weighted by atomic mass is 16.5. The molecule has 0 amide bonds. The number of esters is 1. The number of ether oxygens (including phenoxy) is 1. The van der Waals surface area contributed by atoms with Crippen molar-refractivity contribution in [1.82, 2.24) is 0 Å². The maximum atomic E-state index is 12.0. The fourth-order valence-corrected chi connectivity index (χ4v) is 2.35. The number of rotatable bonds is 9. The van der Waals surface area contributed by atoms with Crippen LogP contribution in [0.4, 0.5) is 5.69 Å². The molecule has 0 aliphatic heterocycles. The normalized spacial score (nSPS) is 10.2. The molecule has 0 heterocycles. The second kappa shape index (κ2) is 9.35. The van der Waals surface area contributed by atoms with Crippen LogP contribution in [0, 0.1) is 0 Å². The van der Waals surface area contributed by atoms with Gasteiger partial charge in [-0.2, -0.15) is 0 Å². The molecular formula is C19H21NO4. The quantitative estimate of drug-likeness (QED) is 0.567. The monoisotopic (exact) mass is 327 g/mol. The average Bonchev–Trinajstić information content (AvgIpc) is 2.59. The van der Waals surface area contributed by atoms with Crippen molar-refractivity contribution < 1.29 is 19.4 Å². The van der Waals surface area contributed by atoms with E-state index in [2.05, 4.69) is 0 Å². The molecule has 0 fully saturated rings. The smallest absolute Gasteiger partial charge is 0.325 e. The number of anilines is 1. The molecule has 24 heavy (non-hydrogen) atoms. The highest BCUT2D eigenvalue weighted by molar-refractivity contribution is 5.80. The standard InChI is InChI=1S/C19H21NO4/c21-18(22)14-20(17-11-5-2-6-12-17)15-19(23)24-13-7-10-16-8-3-1-4-9-16/h1-6,8-9,11-12H,7,10,13-15H2,(H,21,22). The Balaban J connectivity index is 1.79. The van der Waals surface area contributed by atoms with E-state index in [1.165, 1.54) is 10.5 Å². The molecule has 0 saturated heterocycles. The third kappa shape index (κ3) is 6.12. The van der Waals surface area contributed by atoms with Crippen LogP contribution in [0.2, 0.25) is 0 Å². The van der Waals surface area contributed by atoms with Crippen LogP contribution in [-0.2, 0) is 20.7 Å². The average molecular weight is 327 g/mol. The highest BCUT2D eigenvalue weighted by Gasteiger charge is 2.15. The first-order valence-corrected chi connectivity index (χ1v) is 7.86. The van der Waals surface area contributed by atoms with Gasteiger partial charge in [-0.1, -0.05) is 48.5 Å². The Morgan fingerprint density at radius 1 is 0.917 bits per heavy atom. The van der Waals surface area contributed by atoms with E-state index in [-0.39, 0.29) is 13.1 Å². The van der Waals surface area contributed by atoms with Crippen LogP contribution < -0.4 is 4.90 Å². The van der Waals surface area contributed by atoms with Gasteiger partial charge in [-0.15, -0.1) is 0 Å². The third-order valence-corrected chi connectivity index (χ3v) is 3.48. The summed E-state index contributed by atoms with van der Waals surface area (Å²) in [6.45, 7) is -0.00575. The van der Waals surface area contributed by atoms with Crippen LogP contribution in [0.3, 0.4) is 0 Å². The van der Waals surface area contributed by atoms with E-state index in [4.69, 9.17) is 9.84 Å². The first-order valence-electron chi connectivity index (χ1n) is 7.86. The molecule has 0 bridgehead atoms. The van der Waals surface area contributed by atoms with Crippen molar-refractivity contribution in [1.29, 1.82) is 0 Å². The number of benzene rings is 2. The molecule has 0 spiro atoms. The topological polar surface area (TPSA) is 66.8 Å². The Morgan fingerprint density at radius 2 is 1.54 bits per heavy atom. The van der Waals surface area contributed by atoms with Crippen molar-refractivity contribution in [3.63, 3.8) is 0 Å². The van der Waals surface area contributed by atoms with Crippen LogP contribution in [0.15, 0.2) is 60.7 Å². The Morgan fingerprint density at radius 3 is 2.17 bits per heavy atom. The number of aliphatic carboxylic acids is 1. The predicted molar refractivity (Wildman–Crippen MR) is 92.0 cm³/mol. The van der Waals surface area contributed by atoms with E-state index in [1.807, 2.05) is 36.4 Å². The zero-order valence-electron chi connectivity index (χ0n) is 13.4. The molecule has 0 aliphatic rings. The van der Waals surface area contributed by atoms with Gasteiger partial charge in [0.25, 0.3) is 0 Å². The molecule has 0 aliphatic carbocycles. The molecule has 0 saturated carbocycles. The number of hydrogen-bond acceptors (Lipinski definition) is 4. The van der Waals surface area contributed by atoms with Gasteiger partial charge in [-0.25, -0.2) is 0 Å². The minimum atomic E-state index is -0.990. The molecule has 2 aromatic rings. The van der Waals surface area contributed by atoms with E-state index in [9.17, 15) is 9.59 Å². The van der Waals surface area contributed by atoms with Crippen LogP contribution >= 0.6 is 0 Å². The van der Waals surface area contributed by atoms with Crippen LogP contribution in [0.25, 0.3) is 0 Å². The number of carbonyl (C=O) groups is 2. The molecule has 0 unspecified atom stereocenters. The molecule has 0 radical (unpaired) electrons. The maximum Gasteiger partial charge on any atom is 0.325 e. The van der Waals surface area contributed by atoms with Gasteiger partial charge < -0.3 is 14.7 Å². The van der Waals surface area contributed by atoms with Gasteiger partial charge in [-0.05, 0) is 30.5 Å². The lowest BCUT2D eigenvalue weighted by molar-refractivity contribution is -0.142. The lowest BCUT2D eigenvalue weighted by Gasteiger charge is -2.21. The Bertz CT molecular complexity index is 643. The number of carboxylic acid groups (broad SMARTS) is 1. The molecule has 0 atom stereocenters. The second-order valence-electron chi connectivity index (χ2n) is 5.39. The summed E-state index contributed by atoms with van der Waals surface area (Å²) in [7, 11) is 0. The van der Waals surface area contributed by atoms with Crippen LogP contribution in [0.1, 0.15) is 12.0 Å². The summed E-state index contributed by atoms with van der Waals surface area (Å²) in [4.78, 5) is 24.4. The van der Waals surface area contributed by atoms with Gasteiger partial charge in [-0.3, -0.25) is 9.59 Å². The molecule has 1 N–H and O–H groups in total. The minimum absolute atomic E-state index is 0.0817. The van der Waals surface area contributed by atoms with Crippen molar-refractivity contribution in [3.8, 4) is 0 Å². The number of aryl methyl sites for hydroxylation is 1. The second-order valence-corrected chi connectivity index (χ2v) is 5.39. The van der Waals surface area contributed by atoms with Crippen molar-refractivity contribution >= 4 is 17.6 Å². The van der Waals surface area contributed by atoms with Gasteiger partial charge in [0.15, 0.2) is 0 Å². The summed E-state index contributed by atoms with van der Waals surface area (Å²) in [5, 5.41) is 9.00. The molecule has 126 valence electrons. The highest BCUT2D eigenvalue weighted by Crippen LogP contribution is 2.13. The summed E-state index contributed by atoms with van der Waals surface area (Å²) in [6.07, 6.45) is 1.58. The fourth-order valence-electron chi connectivity index (χ4n) is 2.35. The SMILES string of the molecule is O=C(O)CN(CC(=O)OCCCc1ccccc1)c1ccccc1. The number of hydrogen-bond donors (Lipinski definition) is 1. The largest absolute Gasteiger partial charge is 0.480 e. The Hall–Kier alpha value is -2.82. The maximum absolute atomic E-state index is 12.0. The van der Waals surface area contributed by atoms with Gasteiger partial charge in [0.1, 0.15) is 13.1 Å². The number of nitrogens with zero attached hydrogens (tertiary/aromatic N) is 1. The molecular weight excluding hydrogens is 306 g/mol. The minimum Gasteiger partial charge on any atom is -0.480 e. The lowest BCUT2D eigenvalue weighted by atomic mass is 10.1. The zero-order valence-corrected chi connectivity index (χ0v) is 13.4. The molecule has 5 heteroatoms. The van der Waals surface area contributed by atoms with Crippen molar-refractivity contribution in [3.05, 3.63) is 66.2 Å². The first-order chi connectivity index (χ1) is 11.6. The van der Waals surface area contributed by atoms with Gasteiger partial charge >= 0.3 is 11.9 Å². The van der Waals surface area contributed by atoms with Crippen LogP contribution in [-0.4, -0.2) is 36.7 Å².